The van der Waals surface area contributed by atoms with Crippen molar-refractivity contribution >= 4 is 16.9 Å². The van der Waals surface area contributed by atoms with Crippen LogP contribution in [0.4, 0.5) is 13.2 Å². The summed E-state index contributed by atoms with van der Waals surface area (Å²) >= 11 is 0. The van der Waals surface area contributed by atoms with Gasteiger partial charge in [0.25, 0.3) is 0 Å². The van der Waals surface area contributed by atoms with Crippen molar-refractivity contribution in [2.45, 2.75) is 12.6 Å². The predicted octanol–water partition coefficient (Wildman–Crippen LogP) is 4.27. The van der Waals surface area contributed by atoms with Crippen LogP contribution in [0.1, 0.15) is 21.8 Å². The lowest BCUT2D eigenvalue weighted by Gasteiger charge is -2.06. The number of rotatable bonds is 3. The van der Waals surface area contributed by atoms with Crippen molar-refractivity contribution < 1.29 is 22.4 Å². The lowest BCUT2D eigenvalue weighted by molar-refractivity contribution is -0.137. The Morgan fingerprint density at radius 2 is 1.73 bits per heavy atom. The summed E-state index contributed by atoms with van der Waals surface area (Å²) in [7, 11) is 0. The molecule has 0 radical (unpaired) electrons. The summed E-state index contributed by atoms with van der Waals surface area (Å²) < 4.78 is 42.9. The maximum absolute atomic E-state index is 12.5. The zero-order chi connectivity index (χ0) is 15.7. The van der Waals surface area contributed by atoms with Crippen LogP contribution in [0.25, 0.3) is 11.1 Å². The summed E-state index contributed by atoms with van der Waals surface area (Å²) in [5.41, 5.74) is 0.608. The molecular weight excluding hydrogens is 295 g/mol. The number of hydrogen-bond donors (Lipinski definition) is 0. The van der Waals surface area contributed by atoms with E-state index in [-0.39, 0.29) is 23.7 Å². The Bertz CT molecular complexity index is 786. The fourth-order valence-electron chi connectivity index (χ4n) is 2.08. The number of hydrogen-bond acceptors (Lipinski definition) is 3. The quantitative estimate of drug-likeness (QED) is 0.679. The van der Waals surface area contributed by atoms with Gasteiger partial charge in [0.15, 0.2) is 11.4 Å². The number of aromatic nitrogens is 1. The van der Waals surface area contributed by atoms with E-state index in [1.54, 1.807) is 24.3 Å². The van der Waals surface area contributed by atoms with Crippen LogP contribution >= 0.6 is 0 Å². The molecule has 0 saturated carbocycles. The Morgan fingerprint density at radius 1 is 1.05 bits per heavy atom. The second-order valence-corrected chi connectivity index (χ2v) is 4.75. The average molecular weight is 305 g/mol. The summed E-state index contributed by atoms with van der Waals surface area (Å²) in [6.07, 6.45) is -4.51. The minimum atomic E-state index is -4.41. The molecule has 1 heterocycles. The summed E-state index contributed by atoms with van der Waals surface area (Å²) in [6, 6.07) is 11.2. The molecule has 0 aliphatic heterocycles. The monoisotopic (exact) mass is 305 g/mol. The molecule has 3 rings (SSSR count). The van der Waals surface area contributed by atoms with E-state index in [1.807, 2.05) is 0 Å². The van der Waals surface area contributed by atoms with E-state index in [0.717, 1.165) is 24.3 Å². The van der Waals surface area contributed by atoms with Gasteiger partial charge in [-0.3, -0.25) is 4.79 Å². The first-order chi connectivity index (χ1) is 10.4. The molecule has 0 fully saturated rings. The molecule has 112 valence electrons. The fourth-order valence-corrected chi connectivity index (χ4v) is 2.08. The Hall–Kier alpha value is -2.63. The smallest absolute Gasteiger partial charge is 0.416 e. The highest BCUT2D eigenvalue weighted by atomic mass is 19.4. The SMILES string of the molecule is O=C(Cc1nc2ccccc2o1)c1ccc(C(F)(F)F)cc1. The molecule has 3 nitrogen and oxygen atoms in total. The van der Waals surface area contributed by atoms with Crippen LogP contribution in [0.2, 0.25) is 0 Å². The molecule has 0 saturated heterocycles. The predicted molar refractivity (Wildman–Crippen MR) is 73.5 cm³/mol. The molecule has 0 aliphatic rings. The maximum atomic E-state index is 12.5. The van der Waals surface area contributed by atoms with Gasteiger partial charge in [0.1, 0.15) is 5.52 Å². The summed E-state index contributed by atoms with van der Waals surface area (Å²) in [5.74, 6) is -0.105. The standard InChI is InChI=1S/C16H10F3NO2/c17-16(18,19)11-7-5-10(6-8-11)13(21)9-15-20-12-3-1-2-4-14(12)22-15/h1-8H,9H2. The number of nitrogens with zero attached hydrogens (tertiary/aromatic N) is 1. The lowest BCUT2D eigenvalue weighted by atomic mass is 10.1. The van der Waals surface area contributed by atoms with Gasteiger partial charge in [0.05, 0.1) is 12.0 Å². The first-order valence-electron chi connectivity index (χ1n) is 6.48. The first kappa shape index (κ1) is 14.3. The van der Waals surface area contributed by atoms with Crippen molar-refractivity contribution in [3.8, 4) is 0 Å². The number of para-hydroxylation sites is 2. The molecule has 0 N–H and O–H groups in total. The van der Waals surface area contributed by atoms with Crippen molar-refractivity contribution in [1.82, 2.24) is 4.98 Å². The van der Waals surface area contributed by atoms with Gasteiger partial charge < -0.3 is 4.42 Å². The molecule has 0 unspecified atom stereocenters. The minimum absolute atomic E-state index is 0.0972. The van der Waals surface area contributed by atoms with Crippen LogP contribution in [0.3, 0.4) is 0 Å². The minimum Gasteiger partial charge on any atom is -0.440 e. The number of benzene rings is 2. The largest absolute Gasteiger partial charge is 0.440 e. The van der Waals surface area contributed by atoms with E-state index in [9.17, 15) is 18.0 Å². The van der Waals surface area contributed by atoms with Crippen molar-refractivity contribution in [2.75, 3.05) is 0 Å². The van der Waals surface area contributed by atoms with Crippen molar-refractivity contribution in [2.24, 2.45) is 0 Å². The molecule has 0 amide bonds. The van der Waals surface area contributed by atoms with E-state index in [1.165, 1.54) is 0 Å². The number of ketones is 1. The van der Waals surface area contributed by atoms with E-state index >= 15 is 0 Å². The van der Waals surface area contributed by atoms with Gasteiger partial charge in [0.2, 0.25) is 5.89 Å². The summed E-state index contributed by atoms with van der Waals surface area (Å²) in [4.78, 5) is 16.2. The molecule has 2 aromatic carbocycles. The zero-order valence-electron chi connectivity index (χ0n) is 11.2. The second kappa shape index (κ2) is 5.29. The normalized spacial score (nSPS) is 11.8. The van der Waals surface area contributed by atoms with Gasteiger partial charge in [-0.05, 0) is 24.3 Å². The molecule has 22 heavy (non-hydrogen) atoms. The van der Waals surface area contributed by atoms with Gasteiger partial charge in [0, 0.05) is 5.56 Å². The van der Waals surface area contributed by atoms with Crippen LogP contribution in [0, 0.1) is 0 Å². The Kier molecular flexibility index (Phi) is 3.44. The third-order valence-electron chi connectivity index (χ3n) is 3.18. The Balaban J connectivity index is 1.79. The molecular formula is C16H10F3NO2. The number of carbonyl (C=O) groups excluding carboxylic acids is 1. The van der Waals surface area contributed by atoms with Gasteiger partial charge in [-0.2, -0.15) is 13.2 Å². The first-order valence-corrected chi connectivity index (χ1v) is 6.48. The number of oxazole rings is 1. The van der Waals surface area contributed by atoms with E-state index in [4.69, 9.17) is 4.42 Å². The topological polar surface area (TPSA) is 43.1 Å². The lowest BCUT2D eigenvalue weighted by Crippen LogP contribution is -2.07. The zero-order valence-corrected chi connectivity index (χ0v) is 11.2. The Morgan fingerprint density at radius 3 is 2.36 bits per heavy atom. The van der Waals surface area contributed by atoms with E-state index in [0.29, 0.717) is 11.1 Å². The van der Waals surface area contributed by atoms with E-state index in [2.05, 4.69) is 4.98 Å². The number of alkyl halides is 3. The highest BCUT2D eigenvalue weighted by Gasteiger charge is 2.30. The van der Waals surface area contributed by atoms with Gasteiger partial charge >= 0.3 is 6.18 Å². The van der Waals surface area contributed by atoms with Crippen LogP contribution in [-0.2, 0) is 12.6 Å². The number of Topliss-reactive ketones (excluding diaryl/α,β-unsaturated/α-hetero) is 1. The Labute approximate surface area is 123 Å². The molecule has 0 atom stereocenters. The fraction of sp³-hybridized carbons (Fsp3) is 0.125. The van der Waals surface area contributed by atoms with Gasteiger partial charge in [-0.15, -0.1) is 0 Å². The molecule has 0 aliphatic carbocycles. The third kappa shape index (κ3) is 2.86. The number of halogens is 3. The van der Waals surface area contributed by atoms with E-state index < -0.39 is 11.7 Å². The maximum Gasteiger partial charge on any atom is 0.416 e. The van der Waals surface area contributed by atoms with Crippen LogP contribution in [-0.4, -0.2) is 10.8 Å². The highest BCUT2D eigenvalue weighted by Crippen LogP contribution is 2.29. The molecule has 6 heteroatoms. The second-order valence-electron chi connectivity index (χ2n) is 4.75. The summed E-state index contributed by atoms with van der Waals surface area (Å²) in [6.45, 7) is 0. The molecule has 0 spiro atoms. The van der Waals surface area contributed by atoms with Crippen molar-refractivity contribution in [3.63, 3.8) is 0 Å². The van der Waals surface area contributed by atoms with Gasteiger partial charge in [-0.1, -0.05) is 24.3 Å². The number of fused-ring (bicyclic) bond motifs is 1. The van der Waals surface area contributed by atoms with Crippen LogP contribution < -0.4 is 0 Å². The summed E-state index contributed by atoms with van der Waals surface area (Å²) in [5, 5.41) is 0. The molecule has 1 aromatic heterocycles. The third-order valence-corrected chi connectivity index (χ3v) is 3.18. The highest BCUT2D eigenvalue weighted by molar-refractivity contribution is 5.97. The van der Waals surface area contributed by atoms with Crippen molar-refractivity contribution in [1.29, 1.82) is 0 Å². The van der Waals surface area contributed by atoms with Crippen LogP contribution in [0.15, 0.2) is 52.9 Å². The van der Waals surface area contributed by atoms with Gasteiger partial charge in [-0.25, -0.2) is 4.98 Å². The molecule has 0 bridgehead atoms. The molecule has 3 aromatic rings. The average Bonchev–Trinajstić information content (AvgIpc) is 2.88. The van der Waals surface area contributed by atoms with Crippen molar-refractivity contribution in [3.05, 3.63) is 65.5 Å². The number of carbonyl (C=O) groups is 1. The van der Waals surface area contributed by atoms with Crippen LogP contribution in [0.5, 0.6) is 0 Å².